The van der Waals surface area contributed by atoms with Gasteiger partial charge in [-0.15, -0.1) is 0 Å². The standard InChI is InChI=1S/C18H21N3O2/c22-18(14-8-11-23-12-9-14)21-16-6-4-15(5-7-16)20-13-17-3-1-2-10-19-17/h1-7,10,14,20H,8-9,11-13H2,(H,21,22). The number of anilines is 2. The summed E-state index contributed by atoms with van der Waals surface area (Å²) >= 11 is 0. The molecule has 23 heavy (non-hydrogen) atoms. The molecule has 2 N–H and O–H groups in total. The molecule has 1 aliphatic heterocycles. The fourth-order valence-electron chi connectivity index (χ4n) is 2.57. The molecule has 0 radical (unpaired) electrons. The normalized spacial score (nSPS) is 15.1. The van der Waals surface area contributed by atoms with Crippen LogP contribution in [0.3, 0.4) is 0 Å². The highest BCUT2D eigenvalue weighted by Gasteiger charge is 2.21. The van der Waals surface area contributed by atoms with E-state index in [2.05, 4.69) is 15.6 Å². The zero-order chi connectivity index (χ0) is 15.9. The molecule has 1 fully saturated rings. The lowest BCUT2D eigenvalue weighted by molar-refractivity contribution is -0.122. The van der Waals surface area contributed by atoms with Crippen molar-refractivity contribution in [3.8, 4) is 0 Å². The van der Waals surface area contributed by atoms with Gasteiger partial charge in [-0.25, -0.2) is 0 Å². The topological polar surface area (TPSA) is 63.2 Å². The van der Waals surface area contributed by atoms with E-state index in [4.69, 9.17) is 4.74 Å². The van der Waals surface area contributed by atoms with Gasteiger partial charge in [0, 0.05) is 36.7 Å². The van der Waals surface area contributed by atoms with Crippen molar-refractivity contribution in [3.05, 3.63) is 54.4 Å². The molecule has 0 spiro atoms. The first kappa shape index (κ1) is 15.5. The lowest BCUT2D eigenvalue weighted by atomic mass is 9.99. The van der Waals surface area contributed by atoms with Gasteiger partial charge in [-0.1, -0.05) is 6.07 Å². The lowest BCUT2D eigenvalue weighted by Crippen LogP contribution is -2.28. The summed E-state index contributed by atoms with van der Waals surface area (Å²) in [5.74, 6) is 0.146. The summed E-state index contributed by atoms with van der Waals surface area (Å²) in [6.07, 6.45) is 3.39. The van der Waals surface area contributed by atoms with Gasteiger partial charge >= 0.3 is 0 Å². The number of pyridine rings is 1. The Hall–Kier alpha value is -2.40. The molecule has 1 saturated heterocycles. The van der Waals surface area contributed by atoms with Crippen LogP contribution in [0.1, 0.15) is 18.5 Å². The number of benzene rings is 1. The molecule has 5 heteroatoms. The number of aromatic nitrogens is 1. The Balaban J connectivity index is 1.51. The maximum Gasteiger partial charge on any atom is 0.227 e. The Kier molecular flexibility index (Phi) is 5.21. The number of nitrogens with one attached hydrogen (secondary N) is 2. The van der Waals surface area contributed by atoms with Crippen LogP contribution in [-0.2, 0) is 16.1 Å². The summed E-state index contributed by atoms with van der Waals surface area (Å²) in [4.78, 5) is 16.4. The van der Waals surface area contributed by atoms with Crippen molar-refractivity contribution in [2.75, 3.05) is 23.8 Å². The molecular formula is C18H21N3O2. The summed E-state index contributed by atoms with van der Waals surface area (Å²) in [6.45, 7) is 2.03. The molecule has 5 nitrogen and oxygen atoms in total. The molecule has 0 unspecified atom stereocenters. The minimum absolute atomic E-state index is 0.0608. The number of hydrogen-bond acceptors (Lipinski definition) is 4. The highest BCUT2D eigenvalue weighted by molar-refractivity contribution is 5.92. The minimum Gasteiger partial charge on any atom is -0.381 e. The highest BCUT2D eigenvalue weighted by Crippen LogP contribution is 2.19. The van der Waals surface area contributed by atoms with Gasteiger partial charge in [0.05, 0.1) is 12.2 Å². The smallest absolute Gasteiger partial charge is 0.227 e. The maximum absolute atomic E-state index is 12.2. The van der Waals surface area contributed by atoms with Crippen molar-refractivity contribution in [1.82, 2.24) is 4.98 Å². The molecule has 0 atom stereocenters. The van der Waals surface area contributed by atoms with Gasteiger partial charge in [0.15, 0.2) is 0 Å². The zero-order valence-electron chi connectivity index (χ0n) is 13.0. The molecule has 2 heterocycles. The summed E-state index contributed by atoms with van der Waals surface area (Å²) < 4.78 is 5.29. The molecule has 3 rings (SSSR count). The molecule has 1 amide bonds. The summed E-state index contributed by atoms with van der Waals surface area (Å²) in [7, 11) is 0. The Morgan fingerprint density at radius 2 is 1.83 bits per heavy atom. The van der Waals surface area contributed by atoms with Gasteiger partial charge in [0.25, 0.3) is 0 Å². The van der Waals surface area contributed by atoms with Gasteiger partial charge < -0.3 is 15.4 Å². The number of rotatable bonds is 5. The molecular weight excluding hydrogens is 290 g/mol. The molecule has 2 aromatic rings. The van der Waals surface area contributed by atoms with Crippen LogP contribution in [0.4, 0.5) is 11.4 Å². The Labute approximate surface area is 136 Å². The predicted octanol–water partition coefficient (Wildman–Crippen LogP) is 3.06. The summed E-state index contributed by atoms with van der Waals surface area (Å²) in [6, 6.07) is 13.6. The molecule has 1 aliphatic rings. The van der Waals surface area contributed by atoms with E-state index in [0.717, 1.165) is 29.9 Å². The summed E-state index contributed by atoms with van der Waals surface area (Å²) in [5.41, 5.74) is 2.81. The molecule has 1 aromatic carbocycles. The van der Waals surface area contributed by atoms with Crippen molar-refractivity contribution in [2.45, 2.75) is 19.4 Å². The average molecular weight is 311 g/mol. The highest BCUT2D eigenvalue weighted by atomic mass is 16.5. The Bertz CT molecular complexity index is 622. The van der Waals surface area contributed by atoms with Crippen molar-refractivity contribution >= 4 is 17.3 Å². The Morgan fingerprint density at radius 1 is 1.09 bits per heavy atom. The van der Waals surface area contributed by atoms with E-state index in [9.17, 15) is 4.79 Å². The minimum atomic E-state index is 0.0608. The number of carbonyl (C=O) groups excluding carboxylic acids is 1. The second-order valence-corrected chi connectivity index (χ2v) is 5.63. The number of carbonyl (C=O) groups is 1. The van der Waals surface area contributed by atoms with E-state index in [-0.39, 0.29) is 11.8 Å². The van der Waals surface area contributed by atoms with E-state index in [0.29, 0.717) is 19.8 Å². The molecule has 120 valence electrons. The van der Waals surface area contributed by atoms with Crippen LogP contribution in [0.25, 0.3) is 0 Å². The first-order chi connectivity index (χ1) is 11.3. The van der Waals surface area contributed by atoms with E-state index < -0.39 is 0 Å². The zero-order valence-corrected chi connectivity index (χ0v) is 13.0. The fraction of sp³-hybridized carbons (Fsp3) is 0.333. The average Bonchev–Trinajstić information content (AvgIpc) is 2.63. The largest absolute Gasteiger partial charge is 0.381 e. The van der Waals surface area contributed by atoms with Gasteiger partial charge in [-0.05, 0) is 49.2 Å². The van der Waals surface area contributed by atoms with Gasteiger partial charge in [0.1, 0.15) is 0 Å². The monoisotopic (exact) mass is 311 g/mol. The van der Waals surface area contributed by atoms with E-state index in [1.807, 2.05) is 42.5 Å². The van der Waals surface area contributed by atoms with Crippen LogP contribution in [0.5, 0.6) is 0 Å². The number of hydrogen-bond donors (Lipinski definition) is 2. The first-order valence-corrected chi connectivity index (χ1v) is 7.94. The van der Waals surface area contributed by atoms with Crippen LogP contribution in [0, 0.1) is 5.92 Å². The van der Waals surface area contributed by atoms with Crippen molar-refractivity contribution in [1.29, 1.82) is 0 Å². The third-order valence-electron chi connectivity index (χ3n) is 3.94. The molecule has 0 aliphatic carbocycles. The second-order valence-electron chi connectivity index (χ2n) is 5.63. The van der Waals surface area contributed by atoms with Crippen LogP contribution in [-0.4, -0.2) is 24.1 Å². The fourth-order valence-corrected chi connectivity index (χ4v) is 2.57. The van der Waals surface area contributed by atoms with E-state index >= 15 is 0 Å². The third-order valence-corrected chi connectivity index (χ3v) is 3.94. The first-order valence-electron chi connectivity index (χ1n) is 7.94. The van der Waals surface area contributed by atoms with E-state index in [1.54, 1.807) is 6.20 Å². The van der Waals surface area contributed by atoms with Crippen LogP contribution >= 0.6 is 0 Å². The molecule has 0 bridgehead atoms. The van der Waals surface area contributed by atoms with E-state index in [1.165, 1.54) is 0 Å². The quantitative estimate of drug-likeness (QED) is 0.891. The van der Waals surface area contributed by atoms with Crippen molar-refractivity contribution < 1.29 is 9.53 Å². The van der Waals surface area contributed by atoms with Gasteiger partial charge in [0.2, 0.25) is 5.91 Å². The predicted molar refractivity (Wildman–Crippen MR) is 90.2 cm³/mol. The number of amides is 1. The summed E-state index contributed by atoms with van der Waals surface area (Å²) in [5, 5.41) is 6.29. The van der Waals surface area contributed by atoms with Crippen LogP contribution in [0.15, 0.2) is 48.7 Å². The van der Waals surface area contributed by atoms with Gasteiger partial charge in [-0.2, -0.15) is 0 Å². The van der Waals surface area contributed by atoms with Crippen molar-refractivity contribution in [2.24, 2.45) is 5.92 Å². The molecule has 0 saturated carbocycles. The Morgan fingerprint density at radius 3 is 2.52 bits per heavy atom. The van der Waals surface area contributed by atoms with Gasteiger partial charge in [-0.3, -0.25) is 9.78 Å². The maximum atomic E-state index is 12.2. The molecule has 1 aromatic heterocycles. The second kappa shape index (κ2) is 7.74. The van der Waals surface area contributed by atoms with Crippen molar-refractivity contribution in [3.63, 3.8) is 0 Å². The third kappa shape index (κ3) is 4.53. The SMILES string of the molecule is O=C(Nc1ccc(NCc2ccccn2)cc1)C1CCOCC1. The number of ether oxygens (including phenoxy) is 1. The van der Waals surface area contributed by atoms with Crippen LogP contribution < -0.4 is 10.6 Å². The van der Waals surface area contributed by atoms with Crippen LogP contribution in [0.2, 0.25) is 0 Å². The number of nitrogens with zero attached hydrogens (tertiary/aromatic N) is 1. The lowest BCUT2D eigenvalue weighted by Gasteiger charge is -2.21.